The predicted molar refractivity (Wildman–Crippen MR) is 168 cm³/mol. The third-order valence-electron chi connectivity index (χ3n) is 13.3. The smallest absolute Gasteiger partial charge is 0.202 e. The lowest BCUT2D eigenvalue weighted by molar-refractivity contribution is -0.489. The van der Waals surface area contributed by atoms with Gasteiger partial charge in [0.05, 0.1) is 6.61 Å². The van der Waals surface area contributed by atoms with Crippen LogP contribution in [0.1, 0.15) is 117 Å². The third-order valence-corrected chi connectivity index (χ3v) is 13.5. The van der Waals surface area contributed by atoms with Gasteiger partial charge < -0.3 is 4.74 Å². The number of ether oxygens (including phenoxy) is 1. The second-order valence-electron chi connectivity index (χ2n) is 15.8. The maximum atomic E-state index is 6.55. The third kappa shape index (κ3) is 5.49. The molecule has 3 unspecified atom stereocenters. The van der Waals surface area contributed by atoms with E-state index >= 15 is 0 Å². The topological polar surface area (TPSA) is 27.7 Å². The minimum atomic E-state index is -0.596. The molecule has 228 valence electrons. The van der Waals surface area contributed by atoms with Gasteiger partial charge >= 0.3 is 0 Å². The molecule has 5 aliphatic rings. The highest BCUT2D eigenvalue weighted by Crippen LogP contribution is 2.69. The van der Waals surface area contributed by atoms with E-state index in [1.54, 1.807) is 0 Å². The molecule has 0 amide bonds. The van der Waals surface area contributed by atoms with Gasteiger partial charge in [-0.3, -0.25) is 0 Å². The lowest BCUT2D eigenvalue weighted by atomic mass is 9.44. The molecule has 10 atom stereocenters. The zero-order chi connectivity index (χ0) is 29.0. The molecule has 1 aromatic rings. The first kappa shape index (κ1) is 30.2. The fourth-order valence-electron chi connectivity index (χ4n) is 10.9. The van der Waals surface area contributed by atoms with Gasteiger partial charge in [-0.1, -0.05) is 84.2 Å². The van der Waals surface area contributed by atoms with Crippen molar-refractivity contribution in [3.63, 3.8) is 0 Å². The van der Waals surface area contributed by atoms with Gasteiger partial charge in [0.25, 0.3) is 0 Å². The van der Waals surface area contributed by atoms with Crippen molar-refractivity contribution in [1.82, 2.24) is 0 Å². The van der Waals surface area contributed by atoms with E-state index in [2.05, 4.69) is 41.2 Å². The molecule has 4 heteroatoms. The Labute approximate surface area is 255 Å². The van der Waals surface area contributed by atoms with E-state index in [0.717, 1.165) is 64.5 Å². The van der Waals surface area contributed by atoms with E-state index in [9.17, 15) is 0 Å². The summed E-state index contributed by atoms with van der Waals surface area (Å²) in [7, 11) is 0. The Hall–Kier alpha value is -0.870. The van der Waals surface area contributed by atoms with Gasteiger partial charge in [-0.15, -0.1) is 0 Å². The molecule has 1 saturated heterocycles. The normalized spacial score (nSPS) is 42.9. The molecule has 0 radical (unpaired) electrons. The Balaban J connectivity index is 1.08. The first-order chi connectivity index (χ1) is 19.5. The summed E-state index contributed by atoms with van der Waals surface area (Å²) in [6.07, 6.45) is 15.5. The van der Waals surface area contributed by atoms with Crippen LogP contribution in [0, 0.1) is 52.3 Å². The number of halogens is 1. The SMILES string of the molecule is C=C(c1ccc(Cl)cc1)C1COC2(CC[C@@]3(C)C(CC[C@H]4[C@@H]5CC[C@H]([C@H](C)CCCC(C)C)[C@@]5(C)CC[C@@H]43)C2)OO1. The molecular formula is C37H55ClO3. The van der Waals surface area contributed by atoms with Crippen molar-refractivity contribution in [2.24, 2.45) is 52.3 Å². The van der Waals surface area contributed by atoms with E-state index in [4.69, 9.17) is 26.1 Å². The van der Waals surface area contributed by atoms with Crippen LogP contribution in [-0.4, -0.2) is 18.5 Å². The van der Waals surface area contributed by atoms with Crippen LogP contribution in [0.3, 0.4) is 0 Å². The quantitative estimate of drug-likeness (QED) is 0.299. The summed E-state index contributed by atoms with van der Waals surface area (Å²) in [4.78, 5) is 12.2. The summed E-state index contributed by atoms with van der Waals surface area (Å²) in [5.74, 6) is 5.38. The van der Waals surface area contributed by atoms with Crippen molar-refractivity contribution in [2.45, 2.75) is 124 Å². The zero-order valence-corrected chi connectivity index (χ0v) is 27.2. The summed E-state index contributed by atoms with van der Waals surface area (Å²) in [5, 5.41) is 0.722. The van der Waals surface area contributed by atoms with Crippen molar-refractivity contribution in [1.29, 1.82) is 0 Å². The van der Waals surface area contributed by atoms with Crippen molar-refractivity contribution in [3.05, 3.63) is 41.4 Å². The molecule has 3 nitrogen and oxygen atoms in total. The van der Waals surface area contributed by atoms with Gasteiger partial charge in [-0.25, -0.2) is 9.78 Å². The first-order valence-electron chi connectivity index (χ1n) is 17.0. The number of fused-ring (bicyclic) bond motifs is 5. The van der Waals surface area contributed by atoms with Crippen molar-refractivity contribution in [3.8, 4) is 0 Å². The lowest BCUT2D eigenvalue weighted by Crippen LogP contribution is -2.58. The van der Waals surface area contributed by atoms with Crippen LogP contribution in [0.4, 0.5) is 0 Å². The standard InChI is InChI=1S/C37H55ClO3/c1-24(2)8-7-9-25(3)31-16-17-32-30-15-12-28-22-37(21-20-35(28,5)33(30)18-19-36(31,32)6)39-23-34(40-41-37)26(4)27-10-13-29(38)14-11-27/h10-11,13-14,24-25,28,30-34H,4,7-9,12,15-23H2,1-3,5-6H3/t25-,28?,30+,31-,32+,33+,34?,35+,36-,37?/m1/s1. The number of benzene rings is 1. The highest BCUT2D eigenvalue weighted by molar-refractivity contribution is 6.30. The summed E-state index contributed by atoms with van der Waals surface area (Å²) < 4.78 is 6.55. The average molecular weight is 583 g/mol. The van der Waals surface area contributed by atoms with E-state index in [1.807, 2.05) is 24.3 Å². The molecule has 1 aromatic carbocycles. The minimum Gasteiger partial charge on any atom is -0.344 e. The van der Waals surface area contributed by atoms with Gasteiger partial charge in [0, 0.05) is 17.9 Å². The van der Waals surface area contributed by atoms with Crippen molar-refractivity contribution >= 4 is 17.2 Å². The van der Waals surface area contributed by atoms with E-state index in [0.29, 0.717) is 23.4 Å². The highest BCUT2D eigenvalue weighted by Gasteiger charge is 2.62. The highest BCUT2D eigenvalue weighted by atomic mass is 35.5. The molecule has 0 N–H and O–H groups in total. The van der Waals surface area contributed by atoms with Crippen LogP contribution >= 0.6 is 11.6 Å². The molecular weight excluding hydrogens is 528 g/mol. The van der Waals surface area contributed by atoms with Gasteiger partial charge in [0.2, 0.25) is 5.79 Å². The van der Waals surface area contributed by atoms with Crippen LogP contribution < -0.4 is 0 Å². The maximum absolute atomic E-state index is 6.55. The molecule has 41 heavy (non-hydrogen) atoms. The van der Waals surface area contributed by atoms with Crippen LogP contribution in [0.15, 0.2) is 30.8 Å². The number of hydrogen-bond donors (Lipinski definition) is 0. The second-order valence-corrected chi connectivity index (χ2v) is 16.2. The Kier molecular flexibility index (Phi) is 8.51. The zero-order valence-electron chi connectivity index (χ0n) is 26.4. The minimum absolute atomic E-state index is 0.287. The fourth-order valence-corrected chi connectivity index (χ4v) is 11.0. The summed E-state index contributed by atoms with van der Waals surface area (Å²) in [6.45, 7) is 17.5. The van der Waals surface area contributed by atoms with E-state index in [-0.39, 0.29) is 6.10 Å². The second kappa shape index (κ2) is 11.6. The predicted octanol–water partition coefficient (Wildman–Crippen LogP) is 10.5. The monoisotopic (exact) mass is 582 g/mol. The molecule has 5 fully saturated rings. The van der Waals surface area contributed by atoms with Crippen molar-refractivity contribution < 1.29 is 14.5 Å². The fraction of sp³-hybridized carbons (Fsp3) is 0.784. The number of rotatable bonds is 7. The summed E-state index contributed by atoms with van der Waals surface area (Å²) in [6, 6.07) is 7.75. The van der Waals surface area contributed by atoms with Crippen LogP contribution in [0.5, 0.6) is 0 Å². The molecule has 1 spiro atoms. The summed E-state index contributed by atoms with van der Waals surface area (Å²) in [5.41, 5.74) is 2.85. The van der Waals surface area contributed by atoms with Crippen LogP contribution in [-0.2, 0) is 14.5 Å². The Bertz CT molecular complexity index is 1070. The number of hydrogen-bond acceptors (Lipinski definition) is 3. The Morgan fingerprint density at radius 1 is 0.927 bits per heavy atom. The van der Waals surface area contributed by atoms with Crippen LogP contribution in [0.2, 0.25) is 5.02 Å². The van der Waals surface area contributed by atoms with E-state index < -0.39 is 5.79 Å². The largest absolute Gasteiger partial charge is 0.344 e. The molecule has 4 saturated carbocycles. The lowest BCUT2D eigenvalue weighted by Gasteiger charge is -2.62. The molecule has 4 aliphatic carbocycles. The van der Waals surface area contributed by atoms with Crippen molar-refractivity contribution in [2.75, 3.05) is 6.61 Å². The Morgan fingerprint density at radius 2 is 1.68 bits per heavy atom. The first-order valence-corrected chi connectivity index (χ1v) is 17.4. The average Bonchev–Trinajstić information content (AvgIpc) is 3.31. The molecule has 0 bridgehead atoms. The van der Waals surface area contributed by atoms with Gasteiger partial charge in [-0.05, 0) is 120 Å². The summed E-state index contributed by atoms with van der Waals surface area (Å²) >= 11 is 6.08. The van der Waals surface area contributed by atoms with Crippen LogP contribution in [0.25, 0.3) is 5.57 Å². The maximum Gasteiger partial charge on any atom is 0.202 e. The molecule has 1 aliphatic heterocycles. The van der Waals surface area contributed by atoms with Gasteiger partial charge in [-0.2, -0.15) is 0 Å². The molecule has 0 aromatic heterocycles. The van der Waals surface area contributed by atoms with Gasteiger partial charge in [0.15, 0.2) is 0 Å². The molecule has 6 rings (SSSR count). The van der Waals surface area contributed by atoms with E-state index in [1.165, 1.54) is 64.2 Å². The Morgan fingerprint density at radius 3 is 2.39 bits per heavy atom. The van der Waals surface area contributed by atoms with Gasteiger partial charge in [0.1, 0.15) is 6.10 Å². The molecule has 1 heterocycles.